The molecule has 0 spiro atoms. The van der Waals surface area contributed by atoms with Crippen molar-refractivity contribution in [1.82, 2.24) is 30.6 Å². The first-order valence-corrected chi connectivity index (χ1v) is 7.40. The van der Waals surface area contributed by atoms with Crippen LogP contribution >= 0.6 is 0 Å². The lowest BCUT2D eigenvalue weighted by molar-refractivity contribution is 0.372. The van der Waals surface area contributed by atoms with Gasteiger partial charge in [0.05, 0.1) is 12.2 Å². The number of hydrogen-bond acceptors (Lipinski definition) is 5. The maximum Gasteiger partial charge on any atom is 0.192 e. The monoisotopic (exact) mass is 305 g/mol. The smallest absolute Gasteiger partial charge is 0.192 e. The third kappa shape index (κ3) is 4.31. The van der Waals surface area contributed by atoms with Crippen LogP contribution in [0.15, 0.2) is 21.9 Å². The number of nitrogens with zero attached hydrogens (tertiary/aromatic N) is 5. The number of nitrogens with one attached hydrogen (secondary N) is 2. The second-order valence-corrected chi connectivity index (χ2v) is 5.22. The predicted octanol–water partition coefficient (Wildman–Crippen LogP) is 1.18. The molecule has 8 nitrogen and oxygen atoms in total. The quantitative estimate of drug-likeness (QED) is 0.615. The Morgan fingerprint density at radius 3 is 2.82 bits per heavy atom. The Balaban J connectivity index is 1.94. The highest BCUT2D eigenvalue weighted by Gasteiger charge is 2.08. The molecule has 0 bridgehead atoms. The Morgan fingerprint density at radius 2 is 2.23 bits per heavy atom. The van der Waals surface area contributed by atoms with E-state index in [1.807, 2.05) is 20.0 Å². The van der Waals surface area contributed by atoms with Crippen LogP contribution in [0.3, 0.4) is 0 Å². The van der Waals surface area contributed by atoms with Crippen molar-refractivity contribution in [3.63, 3.8) is 0 Å². The molecule has 0 radical (unpaired) electrons. The van der Waals surface area contributed by atoms with Crippen LogP contribution in [0.2, 0.25) is 0 Å². The van der Waals surface area contributed by atoms with E-state index in [1.165, 1.54) is 6.33 Å². The molecule has 0 saturated carbocycles. The molecule has 0 atom stereocenters. The molecule has 0 aromatic carbocycles. The molecular weight excluding hydrogens is 282 g/mol. The largest absolute Gasteiger partial charge is 0.359 e. The Bertz CT molecular complexity index is 614. The maximum absolute atomic E-state index is 5.30. The van der Waals surface area contributed by atoms with Crippen LogP contribution in [-0.2, 0) is 20.1 Å². The van der Waals surface area contributed by atoms with Crippen LogP contribution in [0.25, 0.3) is 0 Å². The SMILES string of the molecule is CCNC(=NCc1ncnn1C)NCc1cc(C(C)C)no1. The summed E-state index contributed by atoms with van der Waals surface area (Å²) in [5, 5.41) is 14.5. The zero-order valence-electron chi connectivity index (χ0n) is 13.5. The first-order chi connectivity index (χ1) is 10.6. The summed E-state index contributed by atoms with van der Waals surface area (Å²) in [6.45, 7) is 7.95. The summed E-state index contributed by atoms with van der Waals surface area (Å²) in [7, 11) is 1.85. The van der Waals surface area contributed by atoms with Gasteiger partial charge in [-0.1, -0.05) is 19.0 Å². The minimum absolute atomic E-state index is 0.357. The summed E-state index contributed by atoms with van der Waals surface area (Å²) in [4.78, 5) is 8.63. The van der Waals surface area contributed by atoms with Crippen LogP contribution in [0.1, 0.15) is 44.0 Å². The highest BCUT2D eigenvalue weighted by molar-refractivity contribution is 5.79. The summed E-state index contributed by atoms with van der Waals surface area (Å²) < 4.78 is 7.01. The fraction of sp³-hybridized carbons (Fsp3) is 0.571. The molecule has 2 heterocycles. The zero-order valence-corrected chi connectivity index (χ0v) is 13.5. The van der Waals surface area contributed by atoms with Gasteiger partial charge >= 0.3 is 0 Å². The van der Waals surface area contributed by atoms with Gasteiger partial charge < -0.3 is 15.2 Å². The molecule has 0 amide bonds. The van der Waals surface area contributed by atoms with Crippen LogP contribution in [0.5, 0.6) is 0 Å². The molecular formula is C14H23N7O. The molecule has 2 rings (SSSR count). The number of aromatic nitrogens is 4. The van der Waals surface area contributed by atoms with Gasteiger partial charge in [0.2, 0.25) is 0 Å². The Hall–Kier alpha value is -2.38. The summed E-state index contributed by atoms with van der Waals surface area (Å²) in [5.41, 5.74) is 0.956. The van der Waals surface area contributed by atoms with Gasteiger partial charge in [-0.25, -0.2) is 9.98 Å². The normalized spacial score (nSPS) is 12.0. The molecule has 22 heavy (non-hydrogen) atoms. The lowest BCUT2D eigenvalue weighted by Gasteiger charge is -2.09. The van der Waals surface area contributed by atoms with Gasteiger partial charge in [-0.3, -0.25) is 4.68 Å². The van der Waals surface area contributed by atoms with Crippen LogP contribution < -0.4 is 10.6 Å². The van der Waals surface area contributed by atoms with Gasteiger partial charge in [0.15, 0.2) is 11.7 Å². The lowest BCUT2D eigenvalue weighted by Crippen LogP contribution is -2.36. The second kappa shape index (κ2) is 7.58. The first kappa shape index (κ1) is 16.0. The zero-order chi connectivity index (χ0) is 15.9. The van der Waals surface area contributed by atoms with Crippen LogP contribution in [0.4, 0.5) is 0 Å². The van der Waals surface area contributed by atoms with E-state index in [0.29, 0.717) is 25.0 Å². The van der Waals surface area contributed by atoms with E-state index in [9.17, 15) is 0 Å². The average Bonchev–Trinajstić information content (AvgIpc) is 3.11. The molecule has 2 N–H and O–H groups in total. The molecule has 0 aliphatic carbocycles. The molecule has 0 unspecified atom stereocenters. The summed E-state index contributed by atoms with van der Waals surface area (Å²) in [5.74, 6) is 2.65. The summed E-state index contributed by atoms with van der Waals surface area (Å²) in [6, 6.07) is 1.96. The van der Waals surface area contributed by atoms with E-state index < -0.39 is 0 Å². The third-order valence-corrected chi connectivity index (χ3v) is 3.13. The van der Waals surface area contributed by atoms with Crippen molar-refractivity contribution >= 4 is 5.96 Å². The summed E-state index contributed by atoms with van der Waals surface area (Å²) in [6.07, 6.45) is 1.52. The van der Waals surface area contributed by atoms with Crippen LogP contribution in [0, 0.1) is 0 Å². The van der Waals surface area contributed by atoms with E-state index >= 15 is 0 Å². The third-order valence-electron chi connectivity index (χ3n) is 3.13. The van der Waals surface area contributed by atoms with Gasteiger partial charge in [0.25, 0.3) is 0 Å². The molecule has 0 saturated heterocycles. The van der Waals surface area contributed by atoms with Crippen LogP contribution in [-0.4, -0.2) is 32.4 Å². The van der Waals surface area contributed by atoms with Gasteiger partial charge in [-0.2, -0.15) is 5.10 Å². The lowest BCUT2D eigenvalue weighted by atomic mass is 10.1. The van der Waals surface area contributed by atoms with Gasteiger partial charge in [-0.05, 0) is 12.8 Å². The molecule has 8 heteroatoms. The maximum atomic E-state index is 5.30. The molecule has 2 aromatic rings. The molecule has 2 aromatic heterocycles. The second-order valence-electron chi connectivity index (χ2n) is 5.22. The number of hydrogen-bond donors (Lipinski definition) is 2. The van der Waals surface area contributed by atoms with Crippen molar-refractivity contribution in [2.45, 2.75) is 39.8 Å². The Morgan fingerprint density at radius 1 is 1.41 bits per heavy atom. The average molecular weight is 305 g/mol. The fourth-order valence-corrected chi connectivity index (χ4v) is 1.81. The van der Waals surface area contributed by atoms with Gasteiger partial charge in [0.1, 0.15) is 18.7 Å². The van der Waals surface area contributed by atoms with E-state index in [4.69, 9.17) is 4.52 Å². The molecule has 0 aliphatic rings. The van der Waals surface area contributed by atoms with E-state index in [2.05, 4.69) is 44.7 Å². The first-order valence-electron chi connectivity index (χ1n) is 7.40. The number of aliphatic imine (C=N–C) groups is 1. The summed E-state index contributed by atoms with van der Waals surface area (Å²) >= 11 is 0. The molecule has 0 aliphatic heterocycles. The Labute approximate surface area is 130 Å². The minimum Gasteiger partial charge on any atom is -0.359 e. The van der Waals surface area contributed by atoms with E-state index in [-0.39, 0.29) is 0 Å². The van der Waals surface area contributed by atoms with Crippen molar-refractivity contribution < 1.29 is 4.52 Å². The topological polar surface area (TPSA) is 93.2 Å². The van der Waals surface area contributed by atoms with E-state index in [1.54, 1.807) is 4.68 Å². The van der Waals surface area contributed by atoms with Crippen molar-refractivity contribution in [2.24, 2.45) is 12.0 Å². The van der Waals surface area contributed by atoms with Crippen molar-refractivity contribution in [1.29, 1.82) is 0 Å². The predicted molar refractivity (Wildman–Crippen MR) is 83.3 cm³/mol. The van der Waals surface area contributed by atoms with Gasteiger partial charge in [-0.15, -0.1) is 0 Å². The Kier molecular flexibility index (Phi) is 5.51. The fourth-order valence-electron chi connectivity index (χ4n) is 1.81. The molecule has 0 fully saturated rings. The highest BCUT2D eigenvalue weighted by Crippen LogP contribution is 2.13. The van der Waals surface area contributed by atoms with E-state index in [0.717, 1.165) is 23.8 Å². The van der Waals surface area contributed by atoms with Gasteiger partial charge in [0, 0.05) is 19.7 Å². The number of aryl methyl sites for hydroxylation is 1. The number of guanidine groups is 1. The van der Waals surface area contributed by atoms with Crippen molar-refractivity contribution in [3.05, 3.63) is 29.7 Å². The number of rotatable bonds is 6. The minimum atomic E-state index is 0.357. The highest BCUT2D eigenvalue weighted by atomic mass is 16.5. The van der Waals surface area contributed by atoms with Crippen molar-refractivity contribution in [3.8, 4) is 0 Å². The van der Waals surface area contributed by atoms with Crippen molar-refractivity contribution in [2.75, 3.05) is 6.54 Å². The molecule has 120 valence electrons. The standard InChI is InChI=1S/C14H23N7O/c1-5-15-14(17-8-13-18-9-19-21(13)4)16-7-11-6-12(10(2)3)20-22-11/h6,9-10H,5,7-8H2,1-4H3,(H2,15,16,17).